The lowest BCUT2D eigenvalue weighted by molar-refractivity contribution is -0.141. The van der Waals surface area contributed by atoms with E-state index < -0.39 is 25.8 Å². The van der Waals surface area contributed by atoms with Gasteiger partial charge in [-0.3, -0.25) is 4.79 Å². The van der Waals surface area contributed by atoms with Crippen molar-refractivity contribution in [2.75, 3.05) is 13.4 Å². The minimum atomic E-state index is -4.07. The number of hydrogen-bond donors (Lipinski definition) is 0. The van der Waals surface area contributed by atoms with E-state index in [4.69, 9.17) is 11.6 Å². The number of esters is 1. The first-order valence-corrected chi connectivity index (χ1v) is 12.8. The fourth-order valence-electron chi connectivity index (χ4n) is 2.28. The van der Waals surface area contributed by atoms with E-state index >= 15 is 0 Å². The van der Waals surface area contributed by atoms with Crippen LogP contribution in [-0.2, 0) is 35.9 Å². The fourth-order valence-corrected chi connectivity index (χ4v) is 6.74. The highest BCUT2D eigenvalue weighted by atomic mass is 35.5. The molecule has 0 unspecified atom stereocenters. The average Bonchev–Trinajstić information content (AvgIpc) is 3.18. The summed E-state index contributed by atoms with van der Waals surface area (Å²) in [5.41, 5.74) is 0.459. The van der Waals surface area contributed by atoms with E-state index in [9.17, 15) is 21.6 Å². The minimum Gasteiger partial charge on any atom is -0.468 e. The van der Waals surface area contributed by atoms with Gasteiger partial charge in [0.25, 0.3) is 10.0 Å². The molecule has 28 heavy (non-hydrogen) atoms. The van der Waals surface area contributed by atoms with E-state index in [1.807, 2.05) is 0 Å². The number of nitrogens with zero attached hydrogens (tertiary/aromatic N) is 2. The van der Waals surface area contributed by atoms with Crippen LogP contribution in [0.5, 0.6) is 0 Å². The average molecular weight is 481 g/mol. The molecule has 13 heteroatoms. The molecule has 0 fully saturated rings. The van der Waals surface area contributed by atoms with Crippen LogP contribution in [0.1, 0.15) is 0 Å². The molecular formula is C15H13ClN2O6S4. The number of methoxy groups -OCH3 is 1. The molecule has 2 heterocycles. The largest absolute Gasteiger partial charge is 0.468 e. The number of benzene rings is 1. The molecule has 3 rings (SSSR count). The maximum atomic E-state index is 12.6. The number of rotatable bonds is 5. The summed E-state index contributed by atoms with van der Waals surface area (Å²) < 4.78 is 59.4. The topological polar surface area (TPSA) is 112 Å². The SMILES string of the molecule is COC(=O)Cn1/c(=N/S(=O)(=O)c2ccc(Cl)s2)sc2cc(S(C)(=O)=O)ccc21. The van der Waals surface area contributed by atoms with Crippen LogP contribution in [0.25, 0.3) is 10.2 Å². The summed E-state index contributed by atoms with van der Waals surface area (Å²) >= 11 is 7.62. The maximum Gasteiger partial charge on any atom is 0.325 e. The highest BCUT2D eigenvalue weighted by molar-refractivity contribution is 7.92. The van der Waals surface area contributed by atoms with Crippen molar-refractivity contribution in [3.63, 3.8) is 0 Å². The number of sulfonamides is 1. The summed E-state index contributed by atoms with van der Waals surface area (Å²) in [6, 6.07) is 7.08. The van der Waals surface area contributed by atoms with Gasteiger partial charge in [0, 0.05) is 6.26 Å². The van der Waals surface area contributed by atoms with Gasteiger partial charge in [-0.05, 0) is 30.3 Å². The van der Waals surface area contributed by atoms with E-state index in [-0.39, 0.29) is 20.5 Å². The zero-order valence-corrected chi connectivity index (χ0v) is 18.5. The van der Waals surface area contributed by atoms with E-state index in [0.29, 0.717) is 14.6 Å². The predicted molar refractivity (Wildman–Crippen MR) is 107 cm³/mol. The molecule has 2 aromatic heterocycles. The van der Waals surface area contributed by atoms with Crippen molar-refractivity contribution in [2.45, 2.75) is 15.6 Å². The summed E-state index contributed by atoms with van der Waals surface area (Å²) in [5.74, 6) is -0.607. The number of sulfone groups is 1. The van der Waals surface area contributed by atoms with Crippen LogP contribution in [0.15, 0.2) is 43.8 Å². The Morgan fingerprint density at radius 2 is 1.89 bits per heavy atom. The summed E-state index contributed by atoms with van der Waals surface area (Å²) in [6.07, 6.45) is 1.07. The second kappa shape index (κ2) is 7.59. The number of carbonyl (C=O) groups is 1. The van der Waals surface area contributed by atoms with Crippen LogP contribution in [0.4, 0.5) is 0 Å². The quantitative estimate of drug-likeness (QED) is 0.518. The first kappa shape index (κ1) is 21.0. The normalized spacial score (nSPS) is 13.2. The van der Waals surface area contributed by atoms with Gasteiger partial charge in [-0.25, -0.2) is 8.42 Å². The number of carbonyl (C=O) groups excluding carboxylic acids is 1. The predicted octanol–water partition coefficient (Wildman–Crippen LogP) is 2.28. The molecule has 0 spiro atoms. The van der Waals surface area contributed by atoms with Gasteiger partial charge in [0.15, 0.2) is 9.84 Å². The maximum absolute atomic E-state index is 12.6. The zero-order chi connectivity index (χ0) is 20.7. The van der Waals surface area contributed by atoms with E-state index in [1.54, 1.807) is 0 Å². The van der Waals surface area contributed by atoms with Crippen molar-refractivity contribution in [1.82, 2.24) is 4.57 Å². The van der Waals surface area contributed by atoms with Crippen molar-refractivity contribution < 1.29 is 26.4 Å². The van der Waals surface area contributed by atoms with Crippen LogP contribution in [0.2, 0.25) is 4.34 Å². The molecule has 3 aromatic rings. The van der Waals surface area contributed by atoms with Crippen LogP contribution in [0.3, 0.4) is 0 Å². The third kappa shape index (κ3) is 4.30. The highest BCUT2D eigenvalue weighted by Crippen LogP contribution is 2.27. The first-order valence-electron chi connectivity index (χ1n) is 7.48. The number of halogens is 1. The third-order valence-corrected chi connectivity index (χ3v) is 8.83. The zero-order valence-electron chi connectivity index (χ0n) is 14.4. The molecule has 0 bridgehead atoms. The Labute approximate surface area is 173 Å². The number of thiophene rings is 1. The lowest BCUT2D eigenvalue weighted by Gasteiger charge is -2.04. The van der Waals surface area contributed by atoms with Crippen molar-refractivity contribution in [3.05, 3.63) is 39.5 Å². The Balaban J connectivity index is 2.27. The Morgan fingerprint density at radius 3 is 2.46 bits per heavy atom. The summed E-state index contributed by atoms with van der Waals surface area (Å²) in [4.78, 5) is 11.9. The molecule has 150 valence electrons. The van der Waals surface area contributed by atoms with E-state index in [2.05, 4.69) is 9.13 Å². The van der Waals surface area contributed by atoms with Gasteiger partial charge in [0.1, 0.15) is 10.8 Å². The summed E-state index contributed by atoms with van der Waals surface area (Å²) in [6.45, 7) is -0.283. The number of aromatic nitrogens is 1. The second-order valence-corrected chi connectivity index (χ2v) is 12.1. The minimum absolute atomic E-state index is 0.00979. The standard InChI is InChI=1S/C15H13ClN2O6S4/c1-24-13(19)8-18-10-4-3-9(27(2,20)21)7-11(10)25-15(18)17-28(22,23)14-6-5-12(16)26-14/h3-7H,8H2,1-2H3/b17-15-. The van der Waals surface area contributed by atoms with Crippen LogP contribution in [0, 0.1) is 0 Å². The van der Waals surface area contributed by atoms with Gasteiger partial charge in [-0.2, -0.15) is 8.42 Å². The van der Waals surface area contributed by atoms with E-state index in [0.717, 1.165) is 28.9 Å². The molecule has 0 amide bonds. The van der Waals surface area contributed by atoms with Gasteiger partial charge in [-0.1, -0.05) is 22.9 Å². The Bertz CT molecular complexity index is 1350. The summed E-state index contributed by atoms with van der Waals surface area (Å²) in [5, 5.41) is 0. The highest BCUT2D eigenvalue weighted by Gasteiger charge is 2.19. The smallest absolute Gasteiger partial charge is 0.325 e. The molecule has 0 N–H and O–H groups in total. The Hall–Kier alpha value is -1.73. The van der Waals surface area contributed by atoms with Crippen molar-refractivity contribution in [1.29, 1.82) is 0 Å². The Kier molecular flexibility index (Phi) is 5.69. The number of fused-ring (bicyclic) bond motifs is 1. The molecule has 0 saturated heterocycles. The number of ether oxygens (including phenoxy) is 1. The summed E-state index contributed by atoms with van der Waals surface area (Å²) in [7, 11) is -6.31. The van der Waals surface area contributed by atoms with Gasteiger partial charge in [0.05, 0.1) is 26.6 Å². The Morgan fingerprint density at radius 1 is 1.18 bits per heavy atom. The number of hydrogen-bond acceptors (Lipinski definition) is 8. The van der Waals surface area contributed by atoms with Crippen LogP contribution in [-0.4, -0.2) is 40.7 Å². The molecule has 0 radical (unpaired) electrons. The number of thiazole rings is 1. The second-order valence-electron chi connectivity index (χ2n) is 5.57. The molecule has 0 aliphatic rings. The van der Waals surface area contributed by atoms with Crippen molar-refractivity contribution >= 4 is 70.3 Å². The van der Waals surface area contributed by atoms with Gasteiger partial charge in [0.2, 0.25) is 4.80 Å². The van der Waals surface area contributed by atoms with Crippen molar-refractivity contribution in [3.8, 4) is 0 Å². The van der Waals surface area contributed by atoms with Gasteiger partial charge in [-0.15, -0.1) is 15.7 Å². The molecule has 0 aliphatic heterocycles. The van der Waals surface area contributed by atoms with Gasteiger partial charge >= 0.3 is 5.97 Å². The molecule has 0 aliphatic carbocycles. The first-order chi connectivity index (χ1) is 13.0. The van der Waals surface area contributed by atoms with Crippen LogP contribution < -0.4 is 4.80 Å². The molecule has 0 saturated carbocycles. The lowest BCUT2D eigenvalue weighted by Crippen LogP contribution is -2.22. The van der Waals surface area contributed by atoms with Gasteiger partial charge < -0.3 is 9.30 Å². The lowest BCUT2D eigenvalue weighted by atomic mass is 10.3. The molecular weight excluding hydrogens is 468 g/mol. The molecule has 8 nitrogen and oxygen atoms in total. The van der Waals surface area contributed by atoms with E-state index in [1.165, 1.54) is 42.0 Å². The third-order valence-electron chi connectivity index (χ3n) is 3.60. The van der Waals surface area contributed by atoms with Crippen molar-refractivity contribution in [2.24, 2.45) is 4.40 Å². The fraction of sp³-hybridized carbons (Fsp3) is 0.200. The van der Waals surface area contributed by atoms with Crippen LogP contribution >= 0.6 is 34.3 Å². The monoisotopic (exact) mass is 480 g/mol. The molecule has 1 aromatic carbocycles. The molecule has 0 atom stereocenters.